The van der Waals surface area contributed by atoms with Gasteiger partial charge < -0.3 is 0 Å². The van der Waals surface area contributed by atoms with E-state index in [0.29, 0.717) is 0 Å². The van der Waals surface area contributed by atoms with E-state index in [-0.39, 0.29) is 0 Å². The number of hydrogen-bond acceptors (Lipinski definition) is 0. The van der Waals surface area contributed by atoms with Gasteiger partial charge in [-0.3, -0.25) is 0 Å². The monoisotopic (exact) mass is 371 g/mol. The molecule has 0 bridgehead atoms. The van der Waals surface area contributed by atoms with Crippen LogP contribution in [0.3, 0.4) is 0 Å². The molecule has 0 aromatic heterocycles. The molecule has 0 nitrogen and oxygen atoms in total. The van der Waals surface area contributed by atoms with Crippen LogP contribution in [0.4, 0.5) is 0 Å². The largest absolute Gasteiger partial charge is 0.108 e. The Kier molecular flexibility index (Phi) is 22.7. The molecule has 1 heteroatoms. The van der Waals surface area contributed by atoms with E-state index < -0.39 is 0 Å². The van der Waals surface area contributed by atoms with E-state index in [4.69, 9.17) is 0 Å². The van der Waals surface area contributed by atoms with Gasteiger partial charge in [-0.05, 0) is 37.6 Å². The number of hydrogen-bond donors (Lipinski definition) is 0. The molecule has 0 saturated carbocycles. The molecular weight excluding hydrogens is 320 g/mol. The molecule has 0 atom stereocenters. The Hall–Kier alpha value is 0.350. The van der Waals surface area contributed by atoms with Gasteiger partial charge >= 0.3 is 0 Å². The van der Waals surface area contributed by atoms with Gasteiger partial charge in [0.15, 0.2) is 0 Å². The molecule has 0 amide bonds. The quantitative estimate of drug-likeness (QED) is 0.140. The Morgan fingerprint density at radius 3 is 0.920 bits per heavy atom. The lowest BCUT2D eigenvalue weighted by atomic mass is 10.0. The summed E-state index contributed by atoms with van der Waals surface area (Å²) in [5.41, 5.74) is 0. The van der Waals surface area contributed by atoms with Gasteiger partial charge in [0.2, 0.25) is 0 Å². The van der Waals surface area contributed by atoms with Gasteiger partial charge in [-0.1, -0.05) is 110 Å². The van der Waals surface area contributed by atoms with Crippen molar-refractivity contribution in [3.63, 3.8) is 0 Å². The summed E-state index contributed by atoms with van der Waals surface area (Å²) < 4.78 is 0. The molecule has 0 aliphatic rings. The maximum atomic E-state index is 2.36. The van der Waals surface area contributed by atoms with Crippen molar-refractivity contribution in [2.45, 2.75) is 136 Å². The summed E-state index contributed by atoms with van der Waals surface area (Å²) in [5.74, 6) is 4.33. The zero-order valence-corrected chi connectivity index (χ0v) is 19.1. The lowest BCUT2D eigenvalue weighted by molar-refractivity contribution is 0.526. The topological polar surface area (TPSA) is 0 Å². The highest BCUT2D eigenvalue weighted by molar-refractivity contribution is 7.96. The fraction of sp³-hybridized carbons (Fsp3) is 1.00. The summed E-state index contributed by atoms with van der Waals surface area (Å²) in [4.78, 5) is 0. The van der Waals surface area contributed by atoms with Gasteiger partial charge in [0, 0.05) is 0 Å². The Morgan fingerprint density at radius 1 is 0.360 bits per heavy atom. The molecule has 0 N–H and O–H groups in total. The van der Waals surface area contributed by atoms with Crippen LogP contribution >= 0.6 is 0 Å². The minimum absolute atomic E-state index is 0.743. The van der Waals surface area contributed by atoms with Crippen LogP contribution in [0, 0.1) is 0 Å². The second kappa shape index (κ2) is 22.4. The molecule has 0 saturated heterocycles. The van der Waals surface area contributed by atoms with Crippen LogP contribution in [0.5, 0.6) is 0 Å². The molecule has 25 heavy (non-hydrogen) atoms. The van der Waals surface area contributed by atoms with Gasteiger partial charge in [-0.15, -0.1) is 0 Å². The fourth-order valence-electron chi connectivity index (χ4n) is 3.70. The first-order valence-corrected chi connectivity index (χ1v) is 13.7. The molecule has 0 aromatic carbocycles. The third-order valence-electron chi connectivity index (χ3n) is 5.60. The molecule has 0 unspecified atom stereocenters. The predicted molar refractivity (Wildman–Crippen MR) is 122 cm³/mol. The SMILES string of the molecule is CCCCCCCCCCCCCCCCCCCC[S+](CC)CC. The highest BCUT2D eigenvalue weighted by Gasteiger charge is 2.10. The van der Waals surface area contributed by atoms with Crippen LogP contribution < -0.4 is 0 Å². The first kappa shape index (κ1) is 25.4. The van der Waals surface area contributed by atoms with Crippen LogP contribution in [-0.4, -0.2) is 17.3 Å². The predicted octanol–water partition coefficient (Wildman–Crippen LogP) is 8.69. The van der Waals surface area contributed by atoms with E-state index in [1.54, 1.807) is 0 Å². The molecule has 0 rings (SSSR count). The third kappa shape index (κ3) is 20.5. The molecule has 0 spiro atoms. The Balaban J connectivity index is 3.03. The van der Waals surface area contributed by atoms with E-state index in [2.05, 4.69) is 20.8 Å². The van der Waals surface area contributed by atoms with Crippen molar-refractivity contribution in [1.82, 2.24) is 0 Å². The molecule has 0 aromatic rings. The summed E-state index contributed by atoms with van der Waals surface area (Å²) in [6.45, 7) is 7.03. The van der Waals surface area contributed by atoms with Gasteiger partial charge in [0.1, 0.15) is 17.3 Å². The first-order valence-electron chi connectivity index (χ1n) is 12.0. The fourth-order valence-corrected chi connectivity index (χ4v) is 5.30. The maximum absolute atomic E-state index is 2.36. The summed E-state index contributed by atoms with van der Waals surface area (Å²) in [6.07, 6.45) is 26.6. The van der Waals surface area contributed by atoms with E-state index in [0.717, 1.165) is 10.9 Å². The van der Waals surface area contributed by atoms with Crippen LogP contribution in [0.1, 0.15) is 136 Å². The van der Waals surface area contributed by atoms with Crippen LogP contribution in [0.2, 0.25) is 0 Å². The first-order chi connectivity index (χ1) is 12.3. The average molecular weight is 372 g/mol. The minimum atomic E-state index is 0.743. The summed E-state index contributed by atoms with van der Waals surface area (Å²) in [7, 11) is 0.743. The highest BCUT2D eigenvalue weighted by atomic mass is 32.2. The van der Waals surface area contributed by atoms with E-state index in [1.165, 1.54) is 133 Å². The van der Waals surface area contributed by atoms with Gasteiger partial charge in [-0.2, -0.15) is 0 Å². The maximum Gasteiger partial charge on any atom is 0.108 e. The zero-order chi connectivity index (χ0) is 18.4. The summed E-state index contributed by atoms with van der Waals surface area (Å²) in [5, 5.41) is 0. The Labute approximate surface area is 164 Å². The van der Waals surface area contributed by atoms with Crippen molar-refractivity contribution >= 4 is 10.9 Å². The third-order valence-corrected chi connectivity index (χ3v) is 8.10. The second-order valence-electron chi connectivity index (χ2n) is 7.90. The van der Waals surface area contributed by atoms with Crippen molar-refractivity contribution < 1.29 is 0 Å². The molecule has 152 valence electrons. The number of rotatable bonds is 21. The lowest BCUT2D eigenvalue weighted by Crippen LogP contribution is -2.12. The van der Waals surface area contributed by atoms with Crippen molar-refractivity contribution in [3.05, 3.63) is 0 Å². The van der Waals surface area contributed by atoms with Crippen molar-refractivity contribution in [3.8, 4) is 0 Å². The van der Waals surface area contributed by atoms with Gasteiger partial charge in [0.25, 0.3) is 0 Å². The second-order valence-corrected chi connectivity index (χ2v) is 10.7. The normalized spacial score (nSPS) is 11.5. The average Bonchev–Trinajstić information content (AvgIpc) is 2.64. The summed E-state index contributed by atoms with van der Waals surface area (Å²) >= 11 is 0. The van der Waals surface area contributed by atoms with Crippen LogP contribution in [0.25, 0.3) is 0 Å². The molecule has 0 heterocycles. The van der Waals surface area contributed by atoms with Crippen molar-refractivity contribution in [2.75, 3.05) is 17.3 Å². The van der Waals surface area contributed by atoms with Gasteiger partial charge in [0.05, 0.1) is 0 Å². The van der Waals surface area contributed by atoms with Crippen LogP contribution in [-0.2, 0) is 10.9 Å². The molecular formula is C24H51S+. The summed E-state index contributed by atoms with van der Waals surface area (Å²) in [6, 6.07) is 0. The van der Waals surface area contributed by atoms with Crippen molar-refractivity contribution in [2.24, 2.45) is 0 Å². The molecule has 0 fully saturated rings. The standard InChI is InChI=1S/C24H51S/c1-4-7-8-9-10-11-12-13-14-15-16-17-18-19-20-21-22-23-24-25(5-2)6-3/h4-24H2,1-3H3/q+1. The Morgan fingerprint density at radius 2 is 0.640 bits per heavy atom. The van der Waals surface area contributed by atoms with Crippen molar-refractivity contribution in [1.29, 1.82) is 0 Å². The van der Waals surface area contributed by atoms with E-state index >= 15 is 0 Å². The highest BCUT2D eigenvalue weighted by Crippen LogP contribution is 2.14. The molecule has 0 radical (unpaired) electrons. The Bertz CT molecular complexity index is 222. The van der Waals surface area contributed by atoms with E-state index in [1.807, 2.05) is 0 Å². The van der Waals surface area contributed by atoms with E-state index in [9.17, 15) is 0 Å². The lowest BCUT2D eigenvalue weighted by Gasteiger charge is -2.05. The number of unbranched alkanes of at least 4 members (excludes halogenated alkanes) is 17. The smallest absolute Gasteiger partial charge is 0.0654 e. The zero-order valence-electron chi connectivity index (χ0n) is 18.3. The minimum Gasteiger partial charge on any atom is -0.0654 e. The van der Waals surface area contributed by atoms with Crippen LogP contribution in [0.15, 0.2) is 0 Å². The molecule has 0 aliphatic carbocycles. The molecule has 0 aliphatic heterocycles. The van der Waals surface area contributed by atoms with Gasteiger partial charge in [-0.25, -0.2) is 0 Å².